The van der Waals surface area contributed by atoms with E-state index >= 15 is 0 Å². The molecule has 1 saturated heterocycles. The number of hydrogen-bond donors (Lipinski definition) is 2. The monoisotopic (exact) mass is 338 g/mol. The fraction of sp³-hybridized carbons (Fsp3) is 0.462. The molecule has 0 bridgehead atoms. The number of benzene rings is 1. The summed E-state index contributed by atoms with van der Waals surface area (Å²) < 4.78 is 28.7. The number of hydrogen-bond acceptors (Lipinski definition) is 3. The molecule has 0 spiro atoms. The maximum absolute atomic E-state index is 12.2. The summed E-state index contributed by atoms with van der Waals surface area (Å²) in [6.07, 6.45) is 1.73. The van der Waals surface area contributed by atoms with Crippen LogP contribution < -0.4 is 15.4 Å². The summed E-state index contributed by atoms with van der Waals surface area (Å²) >= 11 is 11.7. The van der Waals surface area contributed by atoms with Crippen molar-refractivity contribution >= 4 is 34.8 Å². The van der Waals surface area contributed by atoms with Crippen LogP contribution in [0.15, 0.2) is 12.1 Å². The van der Waals surface area contributed by atoms with Crippen LogP contribution in [-0.2, 0) is 4.79 Å². The summed E-state index contributed by atoms with van der Waals surface area (Å²) in [5.74, 6) is -0.587. The smallest absolute Gasteiger partial charge is 0.387 e. The maximum atomic E-state index is 12.2. The molecule has 2 rings (SSSR count). The van der Waals surface area contributed by atoms with Gasteiger partial charge in [0.15, 0.2) is 5.75 Å². The van der Waals surface area contributed by atoms with Gasteiger partial charge >= 0.3 is 6.61 Å². The molecule has 21 heavy (non-hydrogen) atoms. The van der Waals surface area contributed by atoms with Gasteiger partial charge in [0.1, 0.15) is 0 Å². The predicted octanol–water partition coefficient (Wildman–Crippen LogP) is 3.53. The van der Waals surface area contributed by atoms with E-state index in [1.54, 1.807) is 0 Å². The van der Waals surface area contributed by atoms with E-state index in [0.717, 1.165) is 19.4 Å². The van der Waals surface area contributed by atoms with Crippen molar-refractivity contribution < 1.29 is 18.3 Å². The highest BCUT2D eigenvalue weighted by atomic mass is 35.5. The summed E-state index contributed by atoms with van der Waals surface area (Å²) in [5.41, 5.74) is 0.349. The Bertz CT molecular complexity index is 500. The Morgan fingerprint density at radius 2 is 2.05 bits per heavy atom. The third kappa shape index (κ3) is 4.43. The minimum absolute atomic E-state index is 0.0835. The molecule has 1 aliphatic rings. The number of piperidine rings is 1. The van der Waals surface area contributed by atoms with Gasteiger partial charge in [-0.25, -0.2) is 0 Å². The van der Waals surface area contributed by atoms with Gasteiger partial charge in [0.05, 0.1) is 16.0 Å². The topological polar surface area (TPSA) is 50.4 Å². The number of rotatable bonds is 4. The number of anilines is 1. The number of nitrogens with one attached hydrogen (secondary N) is 2. The van der Waals surface area contributed by atoms with Crippen LogP contribution in [0.1, 0.15) is 12.8 Å². The Morgan fingerprint density at radius 3 is 2.57 bits per heavy atom. The largest absolute Gasteiger partial charge is 0.432 e. The molecule has 0 saturated carbocycles. The first-order valence-corrected chi connectivity index (χ1v) is 7.18. The standard InChI is InChI=1S/C13H14Cl2F2N2O2/c14-9-4-8(5-10(15)11(9)21-13(16)17)19-12(20)7-2-1-3-18-6-7/h4-5,7,13,18H,1-3,6H2,(H,19,20)/t7-/m0/s1. The first kappa shape index (κ1) is 16.3. The SMILES string of the molecule is O=C(Nc1cc(Cl)c(OC(F)F)c(Cl)c1)[C@H]1CCCNC1. The minimum atomic E-state index is -3.02. The van der Waals surface area contributed by atoms with Crippen molar-refractivity contribution in [2.45, 2.75) is 19.5 Å². The number of carbonyl (C=O) groups excluding carboxylic acids is 1. The second kappa shape index (κ2) is 7.24. The van der Waals surface area contributed by atoms with Gasteiger partial charge in [-0.05, 0) is 31.5 Å². The first-order valence-electron chi connectivity index (χ1n) is 6.43. The normalized spacial score (nSPS) is 18.6. The van der Waals surface area contributed by atoms with Crippen LogP contribution in [0.2, 0.25) is 10.0 Å². The quantitative estimate of drug-likeness (QED) is 0.882. The molecule has 116 valence electrons. The molecule has 4 nitrogen and oxygen atoms in total. The number of ether oxygens (including phenoxy) is 1. The minimum Gasteiger partial charge on any atom is -0.432 e. The Labute approximate surface area is 130 Å². The summed E-state index contributed by atoms with van der Waals surface area (Å²) in [6, 6.07) is 2.67. The van der Waals surface area contributed by atoms with Gasteiger partial charge in [-0.3, -0.25) is 4.79 Å². The molecule has 2 N–H and O–H groups in total. The number of carbonyl (C=O) groups is 1. The third-order valence-electron chi connectivity index (χ3n) is 3.14. The summed E-state index contributed by atoms with van der Waals surface area (Å²) in [7, 11) is 0. The predicted molar refractivity (Wildman–Crippen MR) is 77.3 cm³/mol. The molecule has 1 heterocycles. The van der Waals surface area contributed by atoms with Gasteiger partial charge in [0.2, 0.25) is 5.91 Å². The van der Waals surface area contributed by atoms with Crippen molar-refractivity contribution in [1.82, 2.24) is 5.32 Å². The van der Waals surface area contributed by atoms with Crippen LogP contribution in [-0.4, -0.2) is 25.6 Å². The lowest BCUT2D eigenvalue weighted by Crippen LogP contribution is -2.37. The molecule has 1 aromatic rings. The van der Waals surface area contributed by atoms with Gasteiger partial charge in [-0.1, -0.05) is 23.2 Å². The molecule has 1 aromatic carbocycles. The van der Waals surface area contributed by atoms with Gasteiger partial charge < -0.3 is 15.4 Å². The maximum Gasteiger partial charge on any atom is 0.387 e. The van der Waals surface area contributed by atoms with E-state index in [1.165, 1.54) is 12.1 Å². The molecule has 0 aliphatic carbocycles. The van der Waals surface area contributed by atoms with Crippen LogP contribution in [0, 0.1) is 5.92 Å². The highest BCUT2D eigenvalue weighted by Gasteiger charge is 2.22. The lowest BCUT2D eigenvalue weighted by molar-refractivity contribution is -0.120. The Kier molecular flexibility index (Phi) is 5.61. The molecule has 1 fully saturated rings. The average molecular weight is 339 g/mol. The number of amides is 1. The lowest BCUT2D eigenvalue weighted by atomic mass is 9.99. The van der Waals surface area contributed by atoms with Crippen molar-refractivity contribution in [3.63, 3.8) is 0 Å². The summed E-state index contributed by atoms with van der Waals surface area (Å²) in [5, 5.41) is 5.65. The first-order chi connectivity index (χ1) is 9.97. The van der Waals surface area contributed by atoms with E-state index in [4.69, 9.17) is 23.2 Å². The van der Waals surface area contributed by atoms with Crippen LogP contribution in [0.3, 0.4) is 0 Å². The van der Waals surface area contributed by atoms with Crippen molar-refractivity contribution in [3.05, 3.63) is 22.2 Å². The van der Waals surface area contributed by atoms with Crippen LogP contribution in [0.5, 0.6) is 5.75 Å². The van der Waals surface area contributed by atoms with E-state index in [0.29, 0.717) is 12.2 Å². The highest BCUT2D eigenvalue weighted by Crippen LogP contribution is 2.37. The van der Waals surface area contributed by atoms with Crippen molar-refractivity contribution in [2.24, 2.45) is 5.92 Å². The summed E-state index contributed by atoms with van der Waals surface area (Å²) in [6.45, 7) is -1.50. The fourth-order valence-corrected chi connectivity index (χ4v) is 2.73. The molecular formula is C13H14Cl2F2N2O2. The number of alkyl halides is 2. The average Bonchev–Trinajstić information content (AvgIpc) is 2.43. The number of halogens is 4. The second-order valence-corrected chi connectivity index (χ2v) is 5.49. The summed E-state index contributed by atoms with van der Waals surface area (Å²) in [4.78, 5) is 12.1. The zero-order valence-corrected chi connectivity index (χ0v) is 12.5. The van der Waals surface area contributed by atoms with Crippen molar-refractivity contribution in [3.8, 4) is 5.75 Å². The molecule has 1 atom stereocenters. The highest BCUT2D eigenvalue weighted by molar-refractivity contribution is 6.37. The van der Waals surface area contributed by atoms with Gasteiger partial charge in [-0.15, -0.1) is 0 Å². The van der Waals surface area contributed by atoms with Crippen LogP contribution in [0.4, 0.5) is 14.5 Å². The van der Waals surface area contributed by atoms with Gasteiger partial charge in [0, 0.05) is 12.2 Å². The van der Waals surface area contributed by atoms with E-state index in [1.807, 2.05) is 0 Å². The van der Waals surface area contributed by atoms with E-state index in [9.17, 15) is 13.6 Å². The molecule has 0 aromatic heterocycles. The molecule has 0 unspecified atom stereocenters. The van der Waals surface area contributed by atoms with E-state index in [2.05, 4.69) is 15.4 Å². The zero-order valence-electron chi connectivity index (χ0n) is 11.0. The van der Waals surface area contributed by atoms with Gasteiger partial charge in [-0.2, -0.15) is 8.78 Å². The van der Waals surface area contributed by atoms with Gasteiger partial charge in [0.25, 0.3) is 0 Å². The van der Waals surface area contributed by atoms with Crippen LogP contribution >= 0.6 is 23.2 Å². The van der Waals surface area contributed by atoms with Crippen LogP contribution in [0.25, 0.3) is 0 Å². The Hall–Kier alpha value is -1.11. The molecule has 0 radical (unpaired) electrons. The lowest BCUT2D eigenvalue weighted by Gasteiger charge is -2.22. The fourth-order valence-electron chi connectivity index (χ4n) is 2.15. The van der Waals surface area contributed by atoms with E-state index < -0.39 is 6.61 Å². The zero-order chi connectivity index (χ0) is 15.4. The molecule has 1 amide bonds. The van der Waals surface area contributed by atoms with E-state index in [-0.39, 0.29) is 27.6 Å². The Morgan fingerprint density at radius 1 is 1.38 bits per heavy atom. The molecule has 8 heteroatoms. The molecule has 1 aliphatic heterocycles. The second-order valence-electron chi connectivity index (χ2n) is 4.68. The molecular weight excluding hydrogens is 325 g/mol. The third-order valence-corrected chi connectivity index (χ3v) is 3.70. The van der Waals surface area contributed by atoms with Crippen molar-refractivity contribution in [1.29, 1.82) is 0 Å². The van der Waals surface area contributed by atoms with Crippen molar-refractivity contribution in [2.75, 3.05) is 18.4 Å². The Balaban J connectivity index is 2.08.